The molecular formula is C17H30. The third-order valence-corrected chi connectivity index (χ3v) is 4.65. The second-order valence-electron chi connectivity index (χ2n) is 6.24. The molecule has 0 radical (unpaired) electrons. The molecule has 0 fully saturated rings. The Morgan fingerprint density at radius 3 is 1.35 bits per heavy atom. The van der Waals surface area contributed by atoms with E-state index in [9.17, 15) is 0 Å². The average molecular weight is 234 g/mol. The highest BCUT2D eigenvalue weighted by atomic mass is 14.5. The standard InChI is InChI=1S/C17H30/c1-7-15(13(3)4)17(11-9-10-12-17)16(8-2)14(5)6/h9-16H,7-8H2,1-6H3. The van der Waals surface area contributed by atoms with Crippen LogP contribution < -0.4 is 0 Å². The summed E-state index contributed by atoms with van der Waals surface area (Å²) in [5.41, 5.74) is 0.311. The molecule has 0 aromatic carbocycles. The zero-order valence-corrected chi connectivity index (χ0v) is 12.5. The van der Waals surface area contributed by atoms with E-state index in [0.717, 1.165) is 23.7 Å². The van der Waals surface area contributed by atoms with Crippen LogP contribution in [0.15, 0.2) is 24.3 Å². The fraction of sp³-hybridized carbons (Fsp3) is 0.765. The van der Waals surface area contributed by atoms with Crippen molar-refractivity contribution in [1.82, 2.24) is 0 Å². The van der Waals surface area contributed by atoms with E-state index in [4.69, 9.17) is 0 Å². The molecule has 0 saturated heterocycles. The first-order chi connectivity index (χ1) is 7.99. The lowest BCUT2D eigenvalue weighted by molar-refractivity contribution is 0.103. The van der Waals surface area contributed by atoms with Crippen LogP contribution in [0.5, 0.6) is 0 Å². The van der Waals surface area contributed by atoms with Crippen molar-refractivity contribution in [3.8, 4) is 0 Å². The Labute approximate surface area is 108 Å². The van der Waals surface area contributed by atoms with Gasteiger partial charge in [-0.25, -0.2) is 0 Å². The predicted octanol–water partition coefficient (Wildman–Crippen LogP) is 5.46. The predicted molar refractivity (Wildman–Crippen MR) is 78.0 cm³/mol. The van der Waals surface area contributed by atoms with Gasteiger partial charge in [0.15, 0.2) is 0 Å². The average Bonchev–Trinajstić information content (AvgIpc) is 2.68. The van der Waals surface area contributed by atoms with Gasteiger partial charge >= 0.3 is 0 Å². The Kier molecular flexibility index (Phi) is 5.04. The number of hydrogen-bond donors (Lipinski definition) is 0. The van der Waals surface area contributed by atoms with E-state index in [1.165, 1.54) is 12.8 Å². The van der Waals surface area contributed by atoms with Crippen molar-refractivity contribution in [3.05, 3.63) is 24.3 Å². The molecule has 0 bridgehead atoms. The molecule has 0 spiro atoms. The quantitative estimate of drug-likeness (QED) is 0.572. The Bertz CT molecular complexity index is 250. The highest BCUT2D eigenvalue weighted by molar-refractivity contribution is 5.28. The molecule has 0 N–H and O–H groups in total. The molecule has 0 amide bonds. The van der Waals surface area contributed by atoms with Crippen LogP contribution >= 0.6 is 0 Å². The van der Waals surface area contributed by atoms with Gasteiger partial charge in [0, 0.05) is 5.41 Å². The number of allylic oxidation sites excluding steroid dienone is 4. The second kappa shape index (κ2) is 5.89. The van der Waals surface area contributed by atoms with E-state index < -0.39 is 0 Å². The molecule has 2 unspecified atom stereocenters. The fourth-order valence-corrected chi connectivity index (χ4v) is 4.07. The molecule has 0 saturated carbocycles. The zero-order chi connectivity index (χ0) is 13.1. The molecule has 1 rings (SSSR count). The number of rotatable bonds is 6. The minimum Gasteiger partial charge on any atom is -0.0740 e. The molecule has 17 heavy (non-hydrogen) atoms. The van der Waals surface area contributed by atoms with Crippen molar-refractivity contribution in [3.63, 3.8) is 0 Å². The minimum absolute atomic E-state index is 0.311. The first kappa shape index (κ1) is 14.5. The van der Waals surface area contributed by atoms with Crippen LogP contribution in [0.25, 0.3) is 0 Å². The summed E-state index contributed by atoms with van der Waals surface area (Å²) < 4.78 is 0. The topological polar surface area (TPSA) is 0 Å². The highest BCUT2D eigenvalue weighted by Crippen LogP contribution is 2.50. The van der Waals surface area contributed by atoms with Gasteiger partial charge in [-0.2, -0.15) is 0 Å². The van der Waals surface area contributed by atoms with Crippen LogP contribution in [-0.4, -0.2) is 0 Å². The lowest BCUT2D eigenvalue weighted by Gasteiger charge is -2.45. The SMILES string of the molecule is CCC(C(C)C)C1(C(CC)C(C)C)C=CC=C1. The van der Waals surface area contributed by atoms with E-state index in [0.29, 0.717) is 5.41 Å². The molecule has 0 nitrogen and oxygen atoms in total. The van der Waals surface area contributed by atoms with Gasteiger partial charge in [0.2, 0.25) is 0 Å². The normalized spacial score (nSPS) is 21.4. The molecular weight excluding hydrogens is 204 g/mol. The van der Waals surface area contributed by atoms with E-state index in [1.54, 1.807) is 0 Å². The van der Waals surface area contributed by atoms with Gasteiger partial charge in [0.05, 0.1) is 0 Å². The molecule has 0 heterocycles. The summed E-state index contributed by atoms with van der Waals surface area (Å²) >= 11 is 0. The number of hydrogen-bond acceptors (Lipinski definition) is 0. The lowest BCUT2D eigenvalue weighted by Crippen LogP contribution is -2.38. The first-order valence-electron chi connectivity index (χ1n) is 7.36. The maximum absolute atomic E-state index is 2.48. The van der Waals surface area contributed by atoms with Crippen molar-refractivity contribution in [2.75, 3.05) is 0 Å². The zero-order valence-electron chi connectivity index (χ0n) is 12.5. The summed E-state index contributed by atoms with van der Waals surface area (Å²) in [6.45, 7) is 14.2. The van der Waals surface area contributed by atoms with Crippen molar-refractivity contribution < 1.29 is 0 Å². The molecule has 1 aliphatic carbocycles. The van der Waals surface area contributed by atoms with Crippen molar-refractivity contribution in [2.45, 2.75) is 54.4 Å². The molecule has 1 aliphatic rings. The fourth-order valence-electron chi connectivity index (χ4n) is 4.07. The Morgan fingerprint density at radius 2 is 1.12 bits per heavy atom. The Morgan fingerprint density at radius 1 is 0.765 bits per heavy atom. The van der Waals surface area contributed by atoms with E-state index in [2.05, 4.69) is 65.8 Å². The molecule has 98 valence electrons. The highest BCUT2D eigenvalue weighted by Gasteiger charge is 2.43. The van der Waals surface area contributed by atoms with Crippen LogP contribution in [0.3, 0.4) is 0 Å². The van der Waals surface area contributed by atoms with E-state index in [1.807, 2.05) is 0 Å². The largest absolute Gasteiger partial charge is 0.0740 e. The molecule has 0 aromatic heterocycles. The van der Waals surface area contributed by atoms with Crippen LogP contribution in [0.2, 0.25) is 0 Å². The van der Waals surface area contributed by atoms with Gasteiger partial charge in [0.25, 0.3) is 0 Å². The summed E-state index contributed by atoms with van der Waals surface area (Å²) in [5, 5.41) is 0. The Balaban J connectivity index is 3.13. The van der Waals surface area contributed by atoms with Crippen LogP contribution in [0.1, 0.15) is 54.4 Å². The van der Waals surface area contributed by atoms with Crippen molar-refractivity contribution in [2.24, 2.45) is 29.1 Å². The van der Waals surface area contributed by atoms with E-state index in [-0.39, 0.29) is 0 Å². The van der Waals surface area contributed by atoms with Gasteiger partial charge in [-0.15, -0.1) is 0 Å². The van der Waals surface area contributed by atoms with Gasteiger partial charge in [-0.1, -0.05) is 78.7 Å². The summed E-state index contributed by atoms with van der Waals surface area (Å²) in [7, 11) is 0. The summed E-state index contributed by atoms with van der Waals surface area (Å²) in [6.07, 6.45) is 12.0. The summed E-state index contributed by atoms with van der Waals surface area (Å²) in [6, 6.07) is 0. The third kappa shape index (κ3) is 2.67. The molecule has 2 atom stereocenters. The van der Waals surface area contributed by atoms with Gasteiger partial charge < -0.3 is 0 Å². The second-order valence-corrected chi connectivity index (χ2v) is 6.24. The summed E-state index contributed by atoms with van der Waals surface area (Å²) in [4.78, 5) is 0. The first-order valence-corrected chi connectivity index (χ1v) is 7.36. The monoisotopic (exact) mass is 234 g/mol. The van der Waals surface area contributed by atoms with Gasteiger partial charge in [0.1, 0.15) is 0 Å². The van der Waals surface area contributed by atoms with E-state index >= 15 is 0 Å². The van der Waals surface area contributed by atoms with Crippen molar-refractivity contribution in [1.29, 1.82) is 0 Å². The third-order valence-electron chi connectivity index (χ3n) is 4.65. The van der Waals surface area contributed by atoms with Crippen LogP contribution in [0.4, 0.5) is 0 Å². The van der Waals surface area contributed by atoms with Gasteiger partial charge in [-0.05, 0) is 23.7 Å². The van der Waals surface area contributed by atoms with Crippen LogP contribution in [0, 0.1) is 29.1 Å². The Hall–Kier alpha value is -0.520. The maximum atomic E-state index is 2.48. The summed E-state index contributed by atoms with van der Waals surface area (Å²) in [5.74, 6) is 3.04. The maximum Gasteiger partial charge on any atom is 0.0128 e. The lowest BCUT2D eigenvalue weighted by atomic mass is 9.59. The molecule has 0 aromatic rings. The van der Waals surface area contributed by atoms with Gasteiger partial charge in [-0.3, -0.25) is 0 Å². The molecule has 0 aliphatic heterocycles. The smallest absolute Gasteiger partial charge is 0.0128 e. The molecule has 0 heteroatoms. The minimum atomic E-state index is 0.311. The van der Waals surface area contributed by atoms with Crippen molar-refractivity contribution >= 4 is 0 Å². The van der Waals surface area contributed by atoms with Crippen LogP contribution in [-0.2, 0) is 0 Å².